The van der Waals surface area contributed by atoms with Crippen LogP contribution in [0.2, 0.25) is 0 Å². The Morgan fingerprint density at radius 1 is 1.30 bits per heavy atom. The second-order valence-electron chi connectivity index (χ2n) is 6.03. The van der Waals surface area contributed by atoms with Crippen molar-refractivity contribution in [1.29, 1.82) is 0 Å². The van der Waals surface area contributed by atoms with Crippen molar-refractivity contribution in [3.8, 4) is 0 Å². The SMILES string of the molecule is CCSCCN(C(=O)c1ccn(CC)c(=O)c1)C1CCCCC1. The molecule has 0 saturated heterocycles. The van der Waals surface area contributed by atoms with Gasteiger partial charge in [-0.05, 0) is 31.6 Å². The van der Waals surface area contributed by atoms with Crippen LogP contribution in [-0.2, 0) is 6.54 Å². The molecule has 0 atom stereocenters. The van der Waals surface area contributed by atoms with Gasteiger partial charge in [-0.1, -0.05) is 26.2 Å². The van der Waals surface area contributed by atoms with Crippen LogP contribution in [0, 0.1) is 0 Å². The van der Waals surface area contributed by atoms with E-state index >= 15 is 0 Å². The molecule has 1 heterocycles. The Balaban J connectivity index is 2.17. The van der Waals surface area contributed by atoms with Gasteiger partial charge in [0.05, 0.1) is 0 Å². The van der Waals surface area contributed by atoms with Gasteiger partial charge in [-0.3, -0.25) is 9.59 Å². The number of carbonyl (C=O) groups excluding carboxylic acids is 1. The van der Waals surface area contributed by atoms with Crippen LogP contribution in [0.5, 0.6) is 0 Å². The number of rotatable bonds is 7. The van der Waals surface area contributed by atoms with Crippen molar-refractivity contribution in [3.05, 3.63) is 34.2 Å². The molecule has 23 heavy (non-hydrogen) atoms. The smallest absolute Gasteiger partial charge is 0.254 e. The summed E-state index contributed by atoms with van der Waals surface area (Å²) in [7, 11) is 0. The van der Waals surface area contributed by atoms with Gasteiger partial charge in [0.1, 0.15) is 0 Å². The molecule has 1 amide bonds. The predicted molar refractivity (Wildman–Crippen MR) is 97.3 cm³/mol. The Bertz CT molecular complexity index is 564. The quantitative estimate of drug-likeness (QED) is 0.717. The van der Waals surface area contributed by atoms with E-state index in [2.05, 4.69) is 6.92 Å². The standard InChI is InChI=1S/C18H28N2O2S/c1-3-19-11-10-15(14-17(19)21)18(22)20(12-13-23-4-2)16-8-6-5-7-9-16/h10-11,14,16H,3-9,12-13H2,1-2H3. The zero-order valence-electron chi connectivity index (χ0n) is 14.3. The summed E-state index contributed by atoms with van der Waals surface area (Å²) in [6.07, 6.45) is 7.59. The lowest BCUT2D eigenvalue weighted by atomic mass is 9.93. The Morgan fingerprint density at radius 2 is 2.04 bits per heavy atom. The second-order valence-corrected chi connectivity index (χ2v) is 7.42. The fraction of sp³-hybridized carbons (Fsp3) is 0.667. The van der Waals surface area contributed by atoms with Gasteiger partial charge < -0.3 is 9.47 Å². The first kappa shape index (κ1) is 18.1. The minimum atomic E-state index is -0.0927. The van der Waals surface area contributed by atoms with Crippen LogP contribution < -0.4 is 5.56 Å². The number of thioether (sulfide) groups is 1. The van der Waals surface area contributed by atoms with Crippen molar-refractivity contribution < 1.29 is 4.79 Å². The third kappa shape index (κ3) is 4.87. The third-order valence-corrected chi connectivity index (χ3v) is 5.42. The number of hydrogen-bond donors (Lipinski definition) is 0. The topological polar surface area (TPSA) is 42.3 Å². The Morgan fingerprint density at radius 3 is 2.65 bits per heavy atom. The average Bonchev–Trinajstić information content (AvgIpc) is 2.59. The first-order chi connectivity index (χ1) is 11.2. The molecule has 2 rings (SSSR count). The molecule has 0 N–H and O–H groups in total. The van der Waals surface area contributed by atoms with Crippen molar-refractivity contribution in [1.82, 2.24) is 9.47 Å². The maximum absolute atomic E-state index is 13.0. The van der Waals surface area contributed by atoms with Crippen LogP contribution in [-0.4, -0.2) is 39.5 Å². The molecule has 1 aliphatic rings. The van der Waals surface area contributed by atoms with Crippen molar-refractivity contribution in [2.45, 2.75) is 58.5 Å². The van der Waals surface area contributed by atoms with Gasteiger partial charge in [0, 0.05) is 42.7 Å². The zero-order valence-corrected chi connectivity index (χ0v) is 15.1. The molecule has 0 bridgehead atoms. The maximum Gasteiger partial charge on any atom is 0.254 e. The summed E-state index contributed by atoms with van der Waals surface area (Å²) in [4.78, 5) is 27.0. The van der Waals surface area contributed by atoms with Crippen LogP contribution in [0.25, 0.3) is 0 Å². The monoisotopic (exact) mass is 336 g/mol. The normalized spacial score (nSPS) is 15.6. The number of aromatic nitrogens is 1. The molecule has 0 radical (unpaired) electrons. The van der Waals surface area contributed by atoms with E-state index in [1.807, 2.05) is 23.6 Å². The summed E-state index contributed by atoms with van der Waals surface area (Å²) >= 11 is 1.86. The van der Waals surface area contributed by atoms with Crippen molar-refractivity contribution >= 4 is 17.7 Å². The molecule has 1 fully saturated rings. The molecule has 5 heteroatoms. The molecule has 0 aliphatic heterocycles. The summed E-state index contributed by atoms with van der Waals surface area (Å²) in [5.41, 5.74) is 0.441. The van der Waals surface area contributed by atoms with E-state index in [4.69, 9.17) is 0 Å². The van der Waals surface area contributed by atoms with E-state index < -0.39 is 0 Å². The van der Waals surface area contributed by atoms with Crippen LogP contribution in [0.15, 0.2) is 23.1 Å². The summed E-state index contributed by atoms with van der Waals surface area (Å²) in [5, 5.41) is 0. The van der Waals surface area contributed by atoms with E-state index in [0.717, 1.165) is 30.9 Å². The molecule has 0 spiro atoms. The molecular weight excluding hydrogens is 308 g/mol. The lowest BCUT2D eigenvalue weighted by Gasteiger charge is -2.34. The predicted octanol–water partition coefficient (Wildman–Crippen LogP) is 3.40. The molecule has 1 aliphatic carbocycles. The lowest BCUT2D eigenvalue weighted by Crippen LogP contribution is -2.43. The highest BCUT2D eigenvalue weighted by Gasteiger charge is 2.26. The van der Waals surface area contributed by atoms with Crippen LogP contribution >= 0.6 is 11.8 Å². The molecule has 1 saturated carbocycles. The van der Waals surface area contributed by atoms with Crippen LogP contribution in [0.3, 0.4) is 0 Å². The van der Waals surface area contributed by atoms with E-state index in [-0.39, 0.29) is 11.5 Å². The van der Waals surface area contributed by atoms with Gasteiger partial charge in [-0.2, -0.15) is 11.8 Å². The fourth-order valence-electron chi connectivity index (χ4n) is 3.22. The molecule has 1 aromatic heterocycles. The number of nitrogens with zero attached hydrogens (tertiary/aromatic N) is 2. The highest BCUT2D eigenvalue weighted by molar-refractivity contribution is 7.99. The van der Waals surface area contributed by atoms with Crippen molar-refractivity contribution in [2.75, 3.05) is 18.1 Å². The highest BCUT2D eigenvalue weighted by atomic mass is 32.2. The molecule has 0 unspecified atom stereocenters. The van der Waals surface area contributed by atoms with Gasteiger partial charge in [-0.25, -0.2) is 0 Å². The number of hydrogen-bond acceptors (Lipinski definition) is 3. The number of amides is 1. The van der Waals surface area contributed by atoms with Gasteiger partial charge >= 0.3 is 0 Å². The molecule has 0 aromatic carbocycles. The number of carbonyl (C=O) groups is 1. The Labute approximate surface area is 143 Å². The van der Waals surface area contributed by atoms with Crippen LogP contribution in [0.1, 0.15) is 56.3 Å². The van der Waals surface area contributed by atoms with Gasteiger partial charge in [0.15, 0.2) is 0 Å². The first-order valence-corrected chi connectivity index (χ1v) is 9.92. The highest BCUT2D eigenvalue weighted by Crippen LogP contribution is 2.24. The summed E-state index contributed by atoms with van der Waals surface area (Å²) < 4.78 is 1.62. The third-order valence-electron chi connectivity index (χ3n) is 4.54. The van der Waals surface area contributed by atoms with Gasteiger partial charge in [-0.15, -0.1) is 0 Å². The maximum atomic E-state index is 13.0. The average molecular weight is 337 g/mol. The molecule has 128 valence electrons. The minimum absolute atomic E-state index is 0.0222. The van der Waals surface area contributed by atoms with Crippen molar-refractivity contribution in [2.24, 2.45) is 0 Å². The van der Waals surface area contributed by atoms with Gasteiger partial charge in [0.2, 0.25) is 0 Å². The zero-order chi connectivity index (χ0) is 16.7. The molecule has 1 aromatic rings. The summed E-state index contributed by atoms with van der Waals surface area (Å²) in [6.45, 7) is 5.48. The second kappa shape index (κ2) is 9.16. The van der Waals surface area contributed by atoms with Crippen molar-refractivity contribution in [3.63, 3.8) is 0 Å². The number of aryl methyl sites for hydroxylation is 1. The van der Waals surface area contributed by atoms with E-state index in [0.29, 0.717) is 18.2 Å². The fourth-order valence-corrected chi connectivity index (χ4v) is 3.83. The molecule has 4 nitrogen and oxygen atoms in total. The summed E-state index contributed by atoms with van der Waals surface area (Å²) in [5.74, 6) is 2.05. The molecular formula is C18H28N2O2S. The van der Waals surface area contributed by atoms with Gasteiger partial charge in [0.25, 0.3) is 11.5 Å². The largest absolute Gasteiger partial charge is 0.335 e. The van der Waals surface area contributed by atoms with E-state index in [1.54, 1.807) is 16.8 Å². The first-order valence-electron chi connectivity index (χ1n) is 8.76. The summed E-state index contributed by atoms with van der Waals surface area (Å²) in [6, 6.07) is 3.62. The van der Waals surface area contributed by atoms with E-state index in [1.165, 1.54) is 25.3 Å². The Kier molecular flexibility index (Phi) is 7.21. The minimum Gasteiger partial charge on any atom is -0.335 e. The lowest BCUT2D eigenvalue weighted by molar-refractivity contribution is 0.0650. The Hall–Kier alpha value is -1.23. The number of pyridine rings is 1. The van der Waals surface area contributed by atoms with Crippen LogP contribution in [0.4, 0.5) is 0 Å². The van der Waals surface area contributed by atoms with E-state index in [9.17, 15) is 9.59 Å².